The topological polar surface area (TPSA) is 84.5 Å². The third-order valence-corrected chi connectivity index (χ3v) is 7.26. The molecule has 3 aromatic carbocycles. The molecule has 3 aromatic rings. The van der Waals surface area contributed by atoms with Crippen LogP contribution in [0.1, 0.15) is 24.1 Å². The second-order valence-electron chi connectivity index (χ2n) is 7.43. The van der Waals surface area contributed by atoms with E-state index in [0.717, 1.165) is 21.7 Å². The number of esters is 1. The lowest BCUT2D eigenvalue weighted by Crippen LogP contribution is -2.48. The van der Waals surface area contributed by atoms with Crippen LogP contribution >= 0.6 is 11.8 Å². The zero-order chi connectivity index (χ0) is 23.8. The predicted octanol–water partition coefficient (Wildman–Crippen LogP) is 4.78. The Morgan fingerprint density at radius 2 is 1.61 bits per heavy atom. The van der Waals surface area contributed by atoms with Gasteiger partial charge in [-0.1, -0.05) is 48.0 Å². The third kappa shape index (κ3) is 6.60. The molecule has 0 aromatic heterocycles. The van der Waals surface area contributed by atoms with Crippen molar-refractivity contribution in [3.05, 3.63) is 90.0 Å². The van der Waals surface area contributed by atoms with Crippen molar-refractivity contribution in [3.63, 3.8) is 0 Å². The Hall–Kier alpha value is -2.81. The summed E-state index contributed by atoms with van der Waals surface area (Å²) >= 11 is 1.62. The molecular weight excluding hydrogens is 456 g/mol. The van der Waals surface area contributed by atoms with Gasteiger partial charge in [0.25, 0.3) is 0 Å². The van der Waals surface area contributed by atoms with Crippen LogP contribution in [0.2, 0.25) is 0 Å². The summed E-state index contributed by atoms with van der Waals surface area (Å²) < 4.78 is 34.2. The van der Waals surface area contributed by atoms with E-state index in [1.807, 2.05) is 67.8 Å². The van der Waals surface area contributed by atoms with Crippen LogP contribution in [-0.4, -0.2) is 33.3 Å². The minimum Gasteiger partial charge on any atom is -0.465 e. The summed E-state index contributed by atoms with van der Waals surface area (Å²) in [5, 5.41) is 3.33. The molecule has 0 radical (unpaired) electrons. The van der Waals surface area contributed by atoms with Crippen LogP contribution in [0.25, 0.3) is 0 Å². The Labute approximate surface area is 199 Å². The van der Waals surface area contributed by atoms with E-state index in [1.165, 1.54) is 12.1 Å². The Bertz CT molecular complexity index is 1150. The molecule has 0 spiro atoms. The maximum absolute atomic E-state index is 13.2. The van der Waals surface area contributed by atoms with Crippen molar-refractivity contribution in [1.29, 1.82) is 0 Å². The van der Waals surface area contributed by atoms with Crippen LogP contribution in [0, 0.1) is 6.92 Å². The molecule has 0 saturated heterocycles. The quantitative estimate of drug-likeness (QED) is 0.318. The predicted molar refractivity (Wildman–Crippen MR) is 133 cm³/mol. The van der Waals surface area contributed by atoms with Crippen LogP contribution in [-0.2, 0) is 19.6 Å². The first-order valence-electron chi connectivity index (χ1n) is 10.5. The van der Waals surface area contributed by atoms with E-state index < -0.39 is 28.1 Å². The largest absolute Gasteiger partial charge is 0.465 e. The maximum atomic E-state index is 13.2. The van der Waals surface area contributed by atoms with Crippen molar-refractivity contribution in [3.8, 4) is 0 Å². The first-order chi connectivity index (χ1) is 15.8. The van der Waals surface area contributed by atoms with Crippen molar-refractivity contribution in [1.82, 2.24) is 4.72 Å². The van der Waals surface area contributed by atoms with E-state index in [4.69, 9.17) is 4.74 Å². The van der Waals surface area contributed by atoms with Gasteiger partial charge in [-0.3, -0.25) is 4.79 Å². The van der Waals surface area contributed by atoms with Crippen LogP contribution in [0.4, 0.5) is 5.69 Å². The van der Waals surface area contributed by atoms with Crippen LogP contribution in [0.5, 0.6) is 0 Å². The fraction of sp³-hybridized carbons (Fsp3) is 0.240. The summed E-state index contributed by atoms with van der Waals surface area (Å²) in [6.07, 6.45) is 1.99. The van der Waals surface area contributed by atoms with Gasteiger partial charge in [0.1, 0.15) is 6.04 Å². The second kappa shape index (κ2) is 11.4. The lowest BCUT2D eigenvalue weighted by Gasteiger charge is -2.28. The highest BCUT2D eigenvalue weighted by Crippen LogP contribution is 2.27. The molecule has 0 aliphatic rings. The highest BCUT2D eigenvalue weighted by atomic mass is 32.2. The smallest absolute Gasteiger partial charge is 0.326 e. The van der Waals surface area contributed by atoms with Gasteiger partial charge in [-0.05, 0) is 62.1 Å². The summed E-state index contributed by atoms with van der Waals surface area (Å²) in [6, 6.07) is 21.6. The van der Waals surface area contributed by atoms with Gasteiger partial charge in [0.15, 0.2) is 0 Å². The first-order valence-corrected chi connectivity index (χ1v) is 13.3. The summed E-state index contributed by atoms with van der Waals surface area (Å²) in [7, 11) is -3.99. The molecule has 3 rings (SSSR count). The zero-order valence-electron chi connectivity index (χ0n) is 18.8. The molecule has 6 nitrogen and oxygen atoms in total. The van der Waals surface area contributed by atoms with Crippen LogP contribution in [0.15, 0.2) is 88.7 Å². The van der Waals surface area contributed by atoms with E-state index in [-0.39, 0.29) is 11.5 Å². The lowest BCUT2D eigenvalue weighted by atomic mass is 9.99. The monoisotopic (exact) mass is 484 g/mol. The van der Waals surface area contributed by atoms with Crippen LogP contribution in [0.3, 0.4) is 0 Å². The Morgan fingerprint density at radius 3 is 2.18 bits per heavy atom. The van der Waals surface area contributed by atoms with Crippen molar-refractivity contribution in [2.75, 3.05) is 18.2 Å². The Balaban J connectivity index is 2.01. The lowest BCUT2D eigenvalue weighted by molar-refractivity contribution is -0.145. The normalized spacial score (nSPS) is 13.2. The fourth-order valence-electron chi connectivity index (χ4n) is 3.32. The average Bonchev–Trinajstić information content (AvgIpc) is 2.82. The van der Waals surface area contributed by atoms with E-state index in [0.29, 0.717) is 0 Å². The number of ether oxygens (including phenoxy) is 1. The molecule has 0 bridgehead atoms. The van der Waals surface area contributed by atoms with E-state index in [1.54, 1.807) is 30.8 Å². The highest BCUT2D eigenvalue weighted by molar-refractivity contribution is 7.98. The number of benzene rings is 3. The van der Waals surface area contributed by atoms with Gasteiger partial charge in [0.05, 0.1) is 17.5 Å². The molecule has 0 saturated carbocycles. The molecule has 0 heterocycles. The summed E-state index contributed by atoms with van der Waals surface area (Å²) in [4.78, 5) is 14.2. The number of nitrogens with one attached hydrogen (secondary N) is 2. The maximum Gasteiger partial charge on any atom is 0.326 e. The number of sulfonamides is 1. The van der Waals surface area contributed by atoms with Gasteiger partial charge in [-0.15, -0.1) is 11.8 Å². The van der Waals surface area contributed by atoms with Crippen molar-refractivity contribution < 1.29 is 17.9 Å². The number of hydrogen-bond donors (Lipinski definition) is 2. The molecule has 0 amide bonds. The number of anilines is 1. The van der Waals surface area contributed by atoms with E-state index in [9.17, 15) is 13.2 Å². The van der Waals surface area contributed by atoms with Crippen molar-refractivity contribution >= 4 is 33.4 Å². The molecule has 2 atom stereocenters. The third-order valence-electron chi connectivity index (χ3n) is 5.06. The second-order valence-corrected chi connectivity index (χ2v) is 10.0. The molecule has 174 valence electrons. The Morgan fingerprint density at radius 1 is 0.970 bits per heavy atom. The molecule has 0 aliphatic heterocycles. The standard InChI is InChI=1S/C25H28N2O4S2/c1-4-31-25(28)24(27-33(29,30)22-16-10-18(2)11-17-22)23(19-8-6-5-7-9-19)26-20-12-14-21(32-3)15-13-20/h5-17,23-24,26-27H,4H2,1-3H3/t23-,24+/m1/s1. The number of hydrogen-bond acceptors (Lipinski definition) is 6. The Kier molecular flexibility index (Phi) is 8.55. The van der Waals surface area contributed by atoms with Gasteiger partial charge in [-0.25, -0.2) is 8.42 Å². The summed E-state index contributed by atoms with van der Waals surface area (Å²) in [5.41, 5.74) is 2.44. The molecule has 0 unspecified atom stereocenters. The number of carbonyl (C=O) groups is 1. The number of carbonyl (C=O) groups excluding carboxylic acids is 1. The highest BCUT2D eigenvalue weighted by Gasteiger charge is 2.35. The molecule has 0 fully saturated rings. The summed E-state index contributed by atoms with van der Waals surface area (Å²) in [6.45, 7) is 3.70. The summed E-state index contributed by atoms with van der Waals surface area (Å²) in [5.74, 6) is -0.657. The molecular formula is C25H28N2O4S2. The van der Waals surface area contributed by atoms with E-state index in [2.05, 4.69) is 10.0 Å². The van der Waals surface area contributed by atoms with Crippen LogP contribution < -0.4 is 10.0 Å². The van der Waals surface area contributed by atoms with Crippen molar-refractivity contribution in [2.24, 2.45) is 0 Å². The number of aryl methyl sites for hydroxylation is 1. The minimum absolute atomic E-state index is 0.0820. The SMILES string of the molecule is CCOC(=O)[C@@H](NS(=O)(=O)c1ccc(C)cc1)[C@H](Nc1ccc(SC)cc1)c1ccccc1. The van der Waals surface area contributed by atoms with Gasteiger partial charge in [0, 0.05) is 10.6 Å². The molecule has 33 heavy (non-hydrogen) atoms. The zero-order valence-corrected chi connectivity index (χ0v) is 20.4. The molecule has 2 N–H and O–H groups in total. The van der Waals surface area contributed by atoms with Crippen molar-refractivity contribution in [2.45, 2.75) is 35.7 Å². The fourth-order valence-corrected chi connectivity index (χ4v) is 4.93. The van der Waals surface area contributed by atoms with Gasteiger partial charge < -0.3 is 10.1 Å². The average molecular weight is 485 g/mol. The first kappa shape index (κ1) is 24.8. The van der Waals surface area contributed by atoms with Gasteiger partial charge >= 0.3 is 5.97 Å². The number of rotatable bonds is 10. The van der Waals surface area contributed by atoms with Gasteiger partial charge in [0.2, 0.25) is 10.0 Å². The molecule has 0 aliphatic carbocycles. The molecule has 8 heteroatoms. The number of thioether (sulfide) groups is 1. The minimum atomic E-state index is -3.99. The van der Waals surface area contributed by atoms with Gasteiger partial charge in [-0.2, -0.15) is 4.72 Å². The van der Waals surface area contributed by atoms with E-state index >= 15 is 0 Å².